The van der Waals surface area contributed by atoms with E-state index in [9.17, 15) is 13.2 Å². The molecule has 0 aliphatic heterocycles. The van der Waals surface area contributed by atoms with Gasteiger partial charge in [0.2, 0.25) is 0 Å². The highest BCUT2D eigenvalue weighted by molar-refractivity contribution is 5.40. The molecule has 1 saturated carbocycles. The topological polar surface area (TPSA) is 24.9 Å². The summed E-state index contributed by atoms with van der Waals surface area (Å²) in [6.45, 7) is 0. The molecule has 0 radical (unpaired) electrons. The van der Waals surface area contributed by atoms with E-state index >= 15 is 0 Å². The number of benzene rings is 1. The first-order valence-corrected chi connectivity index (χ1v) is 6.90. The van der Waals surface area contributed by atoms with Crippen molar-refractivity contribution in [1.29, 1.82) is 0 Å². The lowest BCUT2D eigenvalue weighted by atomic mass is 10.0. The van der Waals surface area contributed by atoms with Crippen molar-refractivity contribution in [1.82, 2.24) is 4.98 Å². The SMILES string of the molecule is FC(F)(F)c1cccc(NC(c2ccccc2)C2CC2)n1. The predicted octanol–water partition coefficient (Wildman–Crippen LogP) is 4.66. The second-order valence-electron chi connectivity index (χ2n) is 5.28. The van der Waals surface area contributed by atoms with Crippen molar-refractivity contribution < 1.29 is 13.2 Å². The molecule has 21 heavy (non-hydrogen) atoms. The van der Waals surface area contributed by atoms with Crippen LogP contribution in [0, 0.1) is 5.92 Å². The van der Waals surface area contributed by atoms with Crippen LogP contribution in [0.2, 0.25) is 0 Å². The Morgan fingerprint density at radius 1 is 1.00 bits per heavy atom. The average Bonchev–Trinajstić information content (AvgIpc) is 3.30. The minimum atomic E-state index is -4.42. The van der Waals surface area contributed by atoms with E-state index in [0.29, 0.717) is 5.92 Å². The molecule has 1 unspecified atom stereocenters. The molecular weight excluding hydrogens is 277 g/mol. The molecule has 1 heterocycles. The van der Waals surface area contributed by atoms with Crippen molar-refractivity contribution in [2.24, 2.45) is 5.92 Å². The summed E-state index contributed by atoms with van der Waals surface area (Å²) in [6.07, 6.45) is -2.24. The molecule has 0 spiro atoms. The molecule has 2 nitrogen and oxygen atoms in total. The molecule has 110 valence electrons. The lowest BCUT2D eigenvalue weighted by molar-refractivity contribution is -0.141. The second-order valence-corrected chi connectivity index (χ2v) is 5.28. The highest BCUT2D eigenvalue weighted by Crippen LogP contribution is 2.42. The number of hydrogen-bond acceptors (Lipinski definition) is 2. The van der Waals surface area contributed by atoms with Gasteiger partial charge in [0.15, 0.2) is 0 Å². The summed E-state index contributed by atoms with van der Waals surface area (Å²) in [4.78, 5) is 3.68. The van der Waals surface area contributed by atoms with Gasteiger partial charge in [-0.2, -0.15) is 13.2 Å². The van der Waals surface area contributed by atoms with Crippen LogP contribution in [0.3, 0.4) is 0 Å². The Hall–Kier alpha value is -2.04. The third-order valence-electron chi connectivity index (χ3n) is 3.60. The van der Waals surface area contributed by atoms with Crippen molar-refractivity contribution in [3.8, 4) is 0 Å². The zero-order chi connectivity index (χ0) is 14.9. The summed E-state index contributed by atoms with van der Waals surface area (Å²) in [5.41, 5.74) is 0.217. The fourth-order valence-electron chi connectivity index (χ4n) is 2.40. The molecule has 1 aromatic heterocycles. The smallest absolute Gasteiger partial charge is 0.363 e. The van der Waals surface area contributed by atoms with Crippen LogP contribution < -0.4 is 5.32 Å². The molecule has 1 N–H and O–H groups in total. The van der Waals surface area contributed by atoms with Crippen LogP contribution >= 0.6 is 0 Å². The molecule has 5 heteroatoms. The van der Waals surface area contributed by atoms with E-state index in [4.69, 9.17) is 0 Å². The van der Waals surface area contributed by atoms with Gasteiger partial charge in [0.25, 0.3) is 0 Å². The van der Waals surface area contributed by atoms with Crippen molar-refractivity contribution in [3.63, 3.8) is 0 Å². The maximum atomic E-state index is 12.7. The van der Waals surface area contributed by atoms with Gasteiger partial charge in [-0.05, 0) is 36.5 Å². The van der Waals surface area contributed by atoms with Crippen LogP contribution in [0.15, 0.2) is 48.5 Å². The molecule has 1 aliphatic carbocycles. The van der Waals surface area contributed by atoms with E-state index in [1.54, 1.807) is 6.07 Å². The van der Waals surface area contributed by atoms with Crippen LogP contribution in [0.1, 0.15) is 30.1 Å². The summed E-state index contributed by atoms with van der Waals surface area (Å²) in [6, 6.07) is 13.7. The minimum absolute atomic E-state index is 0.0159. The predicted molar refractivity (Wildman–Crippen MR) is 74.8 cm³/mol. The molecule has 1 fully saturated rings. The zero-order valence-electron chi connectivity index (χ0n) is 11.3. The summed E-state index contributed by atoms with van der Waals surface area (Å²) in [7, 11) is 0. The molecule has 0 amide bonds. The number of anilines is 1. The third-order valence-corrected chi connectivity index (χ3v) is 3.60. The van der Waals surface area contributed by atoms with Crippen LogP contribution in [-0.2, 0) is 6.18 Å². The molecule has 1 aliphatic rings. The Morgan fingerprint density at radius 2 is 1.71 bits per heavy atom. The van der Waals surface area contributed by atoms with E-state index in [1.807, 2.05) is 30.3 Å². The Morgan fingerprint density at radius 3 is 2.33 bits per heavy atom. The number of aromatic nitrogens is 1. The van der Waals surface area contributed by atoms with Crippen LogP contribution in [-0.4, -0.2) is 4.98 Å². The third kappa shape index (κ3) is 3.35. The highest BCUT2D eigenvalue weighted by atomic mass is 19.4. The van der Waals surface area contributed by atoms with Gasteiger partial charge in [-0.3, -0.25) is 0 Å². The highest BCUT2D eigenvalue weighted by Gasteiger charge is 2.34. The monoisotopic (exact) mass is 292 g/mol. The lowest BCUT2D eigenvalue weighted by Gasteiger charge is -2.20. The van der Waals surface area contributed by atoms with Gasteiger partial charge in [0, 0.05) is 0 Å². The summed E-state index contributed by atoms with van der Waals surface area (Å²) in [5.74, 6) is 0.731. The number of pyridine rings is 1. The normalized spacial score (nSPS) is 16.5. The largest absolute Gasteiger partial charge is 0.433 e. The number of nitrogens with zero attached hydrogens (tertiary/aromatic N) is 1. The van der Waals surface area contributed by atoms with Crippen molar-refractivity contribution >= 4 is 5.82 Å². The second kappa shape index (κ2) is 5.39. The average molecular weight is 292 g/mol. The Kier molecular flexibility index (Phi) is 3.57. The number of alkyl halides is 3. The molecule has 2 aromatic rings. The Balaban J connectivity index is 1.84. The van der Waals surface area contributed by atoms with Crippen molar-refractivity contribution in [2.75, 3.05) is 5.32 Å². The summed E-state index contributed by atoms with van der Waals surface area (Å²) in [5, 5.41) is 3.16. The summed E-state index contributed by atoms with van der Waals surface area (Å²) < 4.78 is 38.1. The first-order chi connectivity index (χ1) is 10.0. The maximum Gasteiger partial charge on any atom is 0.433 e. The standard InChI is InChI=1S/C16H15F3N2/c17-16(18,19)13-7-4-8-14(20-13)21-15(12-9-10-12)11-5-2-1-3-6-11/h1-8,12,15H,9-10H2,(H,20,21). The van der Waals surface area contributed by atoms with E-state index in [1.165, 1.54) is 6.07 Å². The number of nitrogens with one attached hydrogen (secondary N) is 1. The molecular formula is C16H15F3N2. The van der Waals surface area contributed by atoms with Crippen molar-refractivity contribution in [2.45, 2.75) is 25.1 Å². The lowest BCUT2D eigenvalue weighted by Crippen LogP contribution is -2.15. The van der Waals surface area contributed by atoms with Gasteiger partial charge < -0.3 is 5.32 Å². The minimum Gasteiger partial charge on any atom is -0.363 e. The van der Waals surface area contributed by atoms with E-state index < -0.39 is 11.9 Å². The van der Waals surface area contributed by atoms with E-state index in [0.717, 1.165) is 24.5 Å². The van der Waals surface area contributed by atoms with Crippen LogP contribution in [0.4, 0.5) is 19.0 Å². The summed E-state index contributed by atoms with van der Waals surface area (Å²) >= 11 is 0. The first kappa shape index (κ1) is 13.9. The van der Waals surface area contributed by atoms with E-state index in [2.05, 4.69) is 10.3 Å². The van der Waals surface area contributed by atoms with Gasteiger partial charge in [0.05, 0.1) is 6.04 Å². The Bertz CT molecular complexity index is 606. The van der Waals surface area contributed by atoms with Gasteiger partial charge in [-0.15, -0.1) is 0 Å². The zero-order valence-corrected chi connectivity index (χ0v) is 11.3. The molecule has 0 bridgehead atoms. The van der Waals surface area contributed by atoms with E-state index in [-0.39, 0.29) is 11.9 Å². The van der Waals surface area contributed by atoms with Crippen molar-refractivity contribution in [3.05, 3.63) is 59.8 Å². The molecule has 0 saturated heterocycles. The van der Waals surface area contributed by atoms with Gasteiger partial charge in [-0.1, -0.05) is 36.4 Å². The van der Waals surface area contributed by atoms with Crippen LogP contribution in [0.25, 0.3) is 0 Å². The quantitative estimate of drug-likeness (QED) is 0.886. The van der Waals surface area contributed by atoms with Gasteiger partial charge >= 0.3 is 6.18 Å². The molecule has 1 aromatic carbocycles. The molecule has 3 rings (SSSR count). The molecule has 1 atom stereocenters. The fourth-order valence-corrected chi connectivity index (χ4v) is 2.40. The first-order valence-electron chi connectivity index (χ1n) is 6.90. The maximum absolute atomic E-state index is 12.7. The van der Waals surface area contributed by atoms with Crippen LogP contribution in [0.5, 0.6) is 0 Å². The van der Waals surface area contributed by atoms with Gasteiger partial charge in [-0.25, -0.2) is 4.98 Å². The Labute approximate surface area is 121 Å². The number of hydrogen-bond donors (Lipinski definition) is 1. The number of halogens is 3. The fraction of sp³-hybridized carbons (Fsp3) is 0.312. The van der Waals surface area contributed by atoms with Gasteiger partial charge in [0.1, 0.15) is 11.5 Å². The number of rotatable bonds is 4.